The van der Waals surface area contributed by atoms with Crippen LogP contribution in [0.4, 0.5) is 11.4 Å². The van der Waals surface area contributed by atoms with Crippen molar-refractivity contribution in [3.63, 3.8) is 0 Å². The predicted molar refractivity (Wildman–Crippen MR) is 76.6 cm³/mol. The first-order chi connectivity index (χ1) is 9.11. The minimum Gasteiger partial charge on any atom is -0.373 e. The lowest BCUT2D eigenvalue weighted by molar-refractivity contribution is -0.384. The van der Waals surface area contributed by atoms with E-state index < -0.39 is 0 Å². The lowest BCUT2D eigenvalue weighted by Gasteiger charge is -2.28. The fraction of sp³-hybridized carbons (Fsp3) is 0.571. The minimum absolute atomic E-state index is 0.146. The molecule has 1 atom stereocenters. The summed E-state index contributed by atoms with van der Waals surface area (Å²) in [5.74, 6) is 0. The Balaban J connectivity index is 1.99. The van der Waals surface area contributed by atoms with Crippen LogP contribution < -0.4 is 4.90 Å². The van der Waals surface area contributed by atoms with Gasteiger partial charge in [0.2, 0.25) is 0 Å². The van der Waals surface area contributed by atoms with E-state index in [1.807, 2.05) is 19.2 Å². The third kappa shape index (κ3) is 3.23. The fourth-order valence-corrected chi connectivity index (χ4v) is 2.77. The summed E-state index contributed by atoms with van der Waals surface area (Å²) < 4.78 is 0. The molecule has 0 saturated carbocycles. The number of likely N-dealkylation sites (tertiary alicyclic amines) is 1. The molecule has 1 aliphatic rings. The van der Waals surface area contributed by atoms with Crippen LogP contribution in [0.1, 0.15) is 19.8 Å². The second kappa shape index (κ2) is 6.02. The quantitative estimate of drug-likeness (QED) is 0.605. The van der Waals surface area contributed by atoms with Gasteiger partial charge in [-0.15, -0.1) is 0 Å². The summed E-state index contributed by atoms with van der Waals surface area (Å²) in [5.41, 5.74) is 1.18. The number of nitro benzene ring substituents is 1. The van der Waals surface area contributed by atoms with E-state index in [0.29, 0.717) is 6.04 Å². The summed E-state index contributed by atoms with van der Waals surface area (Å²) in [6, 6.07) is 7.38. The van der Waals surface area contributed by atoms with Crippen molar-refractivity contribution in [1.29, 1.82) is 0 Å². The molecule has 1 saturated heterocycles. The van der Waals surface area contributed by atoms with Gasteiger partial charge in [0.05, 0.1) is 4.92 Å². The smallest absolute Gasteiger partial charge is 0.269 e. The fourth-order valence-electron chi connectivity index (χ4n) is 2.77. The van der Waals surface area contributed by atoms with Crippen molar-refractivity contribution in [2.45, 2.75) is 25.8 Å². The molecule has 1 aromatic carbocycles. The van der Waals surface area contributed by atoms with Crippen LogP contribution in [0.5, 0.6) is 0 Å². The molecule has 0 bridgehead atoms. The van der Waals surface area contributed by atoms with E-state index in [1.54, 1.807) is 12.1 Å². The maximum atomic E-state index is 10.6. The van der Waals surface area contributed by atoms with Crippen LogP contribution in [0.25, 0.3) is 0 Å². The molecule has 104 valence electrons. The van der Waals surface area contributed by atoms with Gasteiger partial charge in [-0.25, -0.2) is 0 Å². The molecule has 0 aromatic heterocycles. The van der Waals surface area contributed by atoms with Gasteiger partial charge >= 0.3 is 0 Å². The van der Waals surface area contributed by atoms with Gasteiger partial charge in [-0.1, -0.05) is 6.92 Å². The Morgan fingerprint density at radius 2 is 2.11 bits per heavy atom. The van der Waals surface area contributed by atoms with Gasteiger partial charge < -0.3 is 4.90 Å². The first kappa shape index (κ1) is 13.8. The van der Waals surface area contributed by atoms with Crippen LogP contribution in [0.3, 0.4) is 0 Å². The van der Waals surface area contributed by atoms with Crippen molar-refractivity contribution < 1.29 is 4.92 Å². The summed E-state index contributed by atoms with van der Waals surface area (Å²) in [5, 5.41) is 10.6. The van der Waals surface area contributed by atoms with Crippen molar-refractivity contribution in [2.75, 3.05) is 31.6 Å². The normalized spacial score (nSPS) is 19.6. The standard InChI is InChI=1S/C14H21N3O2/c1-3-16-10-4-5-14(16)11-15(2)12-6-8-13(9-7-12)17(18)19/h6-9,14H,3-5,10-11H2,1-2H3. The molecule has 19 heavy (non-hydrogen) atoms. The van der Waals surface area contributed by atoms with Crippen molar-refractivity contribution in [1.82, 2.24) is 4.90 Å². The second-order valence-electron chi connectivity index (χ2n) is 5.08. The Morgan fingerprint density at radius 1 is 1.42 bits per heavy atom. The number of hydrogen-bond acceptors (Lipinski definition) is 4. The molecule has 1 fully saturated rings. The average molecular weight is 263 g/mol. The van der Waals surface area contributed by atoms with Gasteiger partial charge in [0.25, 0.3) is 5.69 Å². The number of anilines is 1. The summed E-state index contributed by atoms with van der Waals surface area (Å²) in [6.07, 6.45) is 2.51. The summed E-state index contributed by atoms with van der Waals surface area (Å²) in [6.45, 7) is 5.46. The summed E-state index contributed by atoms with van der Waals surface area (Å²) in [4.78, 5) is 15.0. The van der Waals surface area contributed by atoms with Gasteiger partial charge in [-0.2, -0.15) is 0 Å². The number of non-ortho nitro benzene ring substituents is 1. The van der Waals surface area contributed by atoms with Crippen LogP contribution in [0.15, 0.2) is 24.3 Å². The highest BCUT2D eigenvalue weighted by molar-refractivity contribution is 5.50. The first-order valence-corrected chi connectivity index (χ1v) is 6.81. The molecular weight excluding hydrogens is 242 g/mol. The van der Waals surface area contributed by atoms with Crippen LogP contribution in [0, 0.1) is 10.1 Å². The largest absolute Gasteiger partial charge is 0.373 e. The highest BCUT2D eigenvalue weighted by Gasteiger charge is 2.24. The third-order valence-corrected chi connectivity index (χ3v) is 3.89. The van der Waals surface area contributed by atoms with Gasteiger partial charge in [-0.3, -0.25) is 15.0 Å². The van der Waals surface area contributed by atoms with E-state index in [-0.39, 0.29) is 10.6 Å². The monoisotopic (exact) mass is 263 g/mol. The molecule has 1 heterocycles. The topological polar surface area (TPSA) is 49.6 Å². The van der Waals surface area contributed by atoms with Crippen LogP contribution >= 0.6 is 0 Å². The lowest BCUT2D eigenvalue weighted by Crippen LogP contribution is -2.38. The van der Waals surface area contributed by atoms with Crippen molar-refractivity contribution >= 4 is 11.4 Å². The highest BCUT2D eigenvalue weighted by Crippen LogP contribution is 2.22. The molecule has 1 aliphatic heterocycles. The molecule has 0 N–H and O–H groups in total. The Morgan fingerprint density at radius 3 is 2.68 bits per heavy atom. The Bertz CT molecular complexity index is 433. The molecule has 5 nitrogen and oxygen atoms in total. The lowest BCUT2D eigenvalue weighted by atomic mass is 10.2. The first-order valence-electron chi connectivity index (χ1n) is 6.81. The Kier molecular flexibility index (Phi) is 4.37. The molecule has 5 heteroatoms. The Hall–Kier alpha value is -1.62. The molecule has 0 amide bonds. The molecule has 0 radical (unpaired) electrons. The molecule has 1 unspecified atom stereocenters. The number of nitro groups is 1. The number of benzene rings is 1. The predicted octanol–water partition coefficient (Wildman–Crippen LogP) is 2.52. The maximum Gasteiger partial charge on any atom is 0.269 e. The summed E-state index contributed by atoms with van der Waals surface area (Å²) >= 11 is 0. The van der Waals surface area contributed by atoms with Gasteiger partial charge in [0.1, 0.15) is 0 Å². The molecule has 0 aliphatic carbocycles. The van der Waals surface area contributed by atoms with Gasteiger partial charge in [-0.05, 0) is 38.1 Å². The zero-order valence-electron chi connectivity index (χ0n) is 11.6. The third-order valence-electron chi connectivity index (χ3n) is 3.89. The van der Waals surface area contributed by atoms with Gasteiger partial charge in [0.15, 0.2) is 0 Å². The maximum absolute atomic E-state index is 10.6. The van der Waals surface area contributed by atoms with Crippen LogP contribution in [-0.4, -0.2) is 42.5 Å². The minimum atomic E-state index is -0.362. The highest BCUT2D eigenvalue weighted by atomic mass is 16.6. The van der Waals surface area contributed by atoms with E-state index in [2.05, 4.69) is 16.7 Å². The van der Waals surface area contributed by atoms with E-state index >= 15 is 0 Å². The van der Waals surface area contributed by atoms with E-state index in [9.17, 15) is 10.1 Å². The second-order valence-corrected chi connectivity index (χ2v) is 5.08. The molecule has 0 spiro atoms. The summed E-state index contributed by atoms with van der Waals surface area (Å²) in [7, 11) is 2.05. The van der Waals surface area contributed by atoms with E-state index in [0.717, 1.165) is 18.8 Å². The Labute approximate surface area is 114 Å². The van der Waals surface area contributed by atoms with Crippen LogP contribution in [-0.2, 0) is 0 Å². The molecular formula is C14H21N3O2. The van der Waals surface area contributed by atoms with Crippen LogP contribution in [0.2, 0.25) is 0 Å². The molecule has 1 aromatic rings. The number of hydrogen-bond donors (Lipinski definition) is 0. The van der Waals surface area contributed by atoms with Crippen molar-refractivity contribution in [3.8, 4) is 0 Å². The van der Waals surface area contributed by atoms with Gasteiger partial charge in [0, 0.05) is 37.5 Å². The number of rotatable bonds is 5. The number of nitrogens with zero attached hydrogens (tertiary/aromatic N) is 3. The zero-order valence-corrected chi connectivity index (χ0v) is 11.6. The zero-order chi connectivity index (χ0) is 13.8. The molecule has 2 rings (SSSR count). The van der Waals surface area contributed by atoms with E-state index in [4.69, 9.17) is 0 Å². The van der Waals surface area contributed by atoms with E-state index in [1.165, 1.54) is 19.4 Å². The van der Waals surface area contributed by atoms with Crippen molar-refractivity contribution in [2.24, 2.45) is 0 Å². The number of likely N-dealkylation sites (N-methyl/N-ethyl adjacent to an activating group) is 2. The van der Waals surface area contributed by atoms with Crippen molar-refractivity contribution in [3.05, 3.63) is 34.4 Å². The average Bonchev–Trinajstić information content (AvgIpc) is 2.86. The SMILES string of the molecule is CCN1CCCC1CN(C)c1ccc([N+](=O)[O-])cc1.